The third-order valence-electron chi connectivity index (χ3n) is 6.00. The topological polar surface area (TPSA) is 73.6 Å². The zero-order valence-electron chi connectivity index (χ0n) is 16.5. The number of carbonyl (C=O) groups is 1. The molecule has 0 aromatic heterocycles. The molecule has 27 heavy (non-hydrogen) atoms. The quantitative estimate of drug-likeness (QED) is 0.674. The summed E-state index contributed by atoms with van der Waals surface area (Å²) in [6, 6.07) is 5.66. The highest BCUT2D eigenvalue weighted by molar-refractivity contribution is 6.30. The minimum atomic E-state index is -0.509. The van der Waals surface area contributed by atoms with Crippen LogP contribution in [0.5, 0.6) is 5.75 Å². The fourth-order valence-corrected chi connectivity index (χ4v) is 3.96. The van der Waals surface area contributed by atoms with Crippen LogP contribution < -0.4 is 15.8 Å². The molecule has 0 aliphatic carbocycles. The van der Waals surface area contributed by atoms with Crippen LogP contribution in [0.2, 0.25) is 5.02 Å². The average Bonchev–Trinajstić information content (AvgIpc) is 2.69. The molecule has 3 N–H and O–H groups in total. The van der Waals surface area contributed by atoms with Gasteiger partial charge >= 0.3 is 0 Å². The Balaban J connectivity index is 0.00000364. The third kappa shape index (κ3) is 5.08. The highest BCUT2D eigenvalue weighted by Gasteiger charge is 2.40. The van der Waals surface area contributed by atoms with Crippen LogP contribution in [-0.4, -0.2) is 39.3 Å². The van der Waals surface area contributed by atoms with Gasteiger partial charge in [0.1, 0.15) is 5.75 Å². The largest absolute Gasteiger partial charge is 0.496 e. The maximum Gasteiger partial charge on any atom is 0.227 e. The second kappa shape index (κ2) is 10.5. The number of amides is 1. The molecule has 2 rings (SSSR count). The second-order valence-corrected chi connectivity index (χ2v) is 7.55. The molecule has 1 fully saturated rings. The van der Waals surface area contributed by atoms with E-state index in [1.165, 1.54) is 0 Å². The first-order chi connectivity index (χ1) is 12.5. The number of hydrogen-bond acceptors (Lipinski definition) is 4. The lowest BCUT2D eigenvalue weighted by atomic mass is 9.73. The molecule has 0 atom stereocenters. The summed E-state index contributed by atoms with van der Waals surface area (Å²) in [5, 5.41) is 3.85. The van der Waals surface area contributed by atoms with Crippen molar-refractivity contribution in [2.24, 2.45) is 11.1 Å². The van der Waals surface area contributed by atoms with Crippen LogP contribution in [0.25, 0.3) is 0 Å². The fraction of sp³-hybridized carbons (Fsp3) is 0.650. The van der Waals surface area contributed by atoms with Gasteiger partial charge in [-0.15, -0.1) is 12.4 Å². The molecular weight excluding hydrogens is 387 g/mol. The zero-order chi connectivity index (χ0) is 19.2. The number of ether oxygens (including phenoxy) is 2. The molecule has 0 unspecified atom stereocenters. The Labute approximate surface area is 173 Å². The van der Waals surface area contributed by atoms with Gasteiger partial charge in [-0.05, 0) is 43.9 Å². The summed E-state index contributed by atoms with van der Waals surface area (Å²) in [6.45, 7) is 6.20. The number of benzene rings is 1. The molecule has 5 nitrogen and oxygen atoms in total. The van der Waals surface area contributed by atoms with E-state index in [9.17, 15) is 4.79 Å². The molecular formula is C20H32Cl2N2O3. The van der Waals surface area contributed by atoms with Crippen molar-refractivity contribution in [3.05, 3.63) is 28.8 Å². The molecule has 0 radical (unpaired) electrons. The smallest absolute Gasteiger partial charge is 0.227 e. The molecule has 0 bridgehead atoms. The van der Waals surface area contributed by atoms with Gasteiger partial charge in [-0.1, -0.05) is 25.4 Å². The van der Waals surface area contributed by atoms with Crippen molar-refractivity contribution < 1.29 is 14.3 Å². The summed E-state index contributed by atoms with van der Waals surface area (Å²) < 4.78 is 11.2. The van der Waals surface area contributed by atoms with E-state index in [0.29, 0.717) is 31.3 Å². The molecule has 0 saturated carbocycles. The monoisotopic (exact) mass is 418 g/mol. The Morgan fingerprint density at radius 1 is 1.33 bits per heavy atom. The molecule has 0 spiro atoms. The molecule has 1 heterocycles. The van der Waals surface area contributed by atoms with Crippen molar-refractivity contribution in [3.63, 3.8) is 0 Å². The number of methoxy groups -OCH3 is 1. The van der Waals surface area contributed by atoms with Gasteiger partial charge in [-0.2, -0.15) is 0 Å². The Bertz CT molecular complexity index is 607. The maximum absolute atomic E-state index is 12.9. The minimum Gasteiger partial charge on any atom is -0.496 e. The SMILES string of the molecule is CCC(CC)(CN)C(=O)NCC1(c2cc(Cl)ccc2OC)CCOCC1.Cl. The number of halogens is 2. The number of carbonyl (C=O) groups excluding carboxylic acids is 1. The molecule has 1 aliphatic rings. The van der Waals surface area contributed by atoms with Crippen LogP contribution in [0, 0.1) is 5.41 Å². The molecule has 1 aromatic rings. The standard InChI is InChI=1S/C20H31ClN2O3.ClH/c1-4-19(5-2,13-22)18(24)23-14-20(8-10-26-11-9-20)16-12-15(21)6-7-17(16)25-3;/h6-7,12H,4-5,8-11,13-14,22H2,1-3H3,(H,23,24);1H. The molecule has 154 valence electrons. The lowest BCUT2D eigenvalue weighted by molar-refractivity contribution is -0.131. The molecule has 1 aromatic carbocycles. The minimum absolute atomic E-state index is 0. The first kappa shape index (κ1) is 24.0. The van der Waals surface area contributed by atoms with Gasteiger partial charge in [0, 0.05) is 42.3 Å². The van der Waals surface area contributed by atoms with Crippen molar-refractivity contribution in [1.29, 1.82) is 0 Å². The fourth-order valence-electron chi connectivity index (χ4n) is 3.79. The van der Waals surface area contributed by atoms with Crippen LogP contribution in [0.15, 0.2) is 18.2 Å². The number of nitrogens with one attached hydrogen (secondary N) is 1. The summed E-state index contributed by atoms with van der Waals surface area (Å²) >= 11 is 6.27. The lowest BCUT2D eigenvalue weighted by Gasteiger charge is -2.40. The van der Waals surface area contributed by atoms with Gasteiger partial charge in [0.05, 0.1) is 12.5 Å². The highest BCUT2D eigenvalue weighted by atomic mass is 35.5. The van der Waals surface area contributed by atoms with Crippen molar-refractivity contribution in [2.75, 3.05) is 33.4 Å². The maximum atomic E-state index is 12.9. The van der Waals surface area contributed by atoms with E-state index in [-0.39, 0.29) is 23.7 Å². The number of nitrogens with two attached hydrogens (primary N) is 1. The van der Waals surface area contributed by atoms with Crippen molar-refractivity contribution in [3.8, 4) is 5.75 Å². The highest BCUT2D eigenvalue weighted by Crippen LogP contribution is 2.41. The third-order valence-corrected chi connectivity index (χ3v) is 6.23. The van der Waals surface area contributed by atoms with E-state index >= 15 is 0 Å². The summed E-state index contributed by atoms with van der Waals surface area (Å²) in [5.41, 5.74) is 6.19. The van der Waals surface area contributed by atoms with Crippen LogP contribution >= 0.6 is 24.0 Å². The van der Waals surface area contributed by atoms with E-state index in [1.54, 1.807) is 7.11 Å². The Morgan fingerprint density at radius 2 is 1.96 bits per heavy atom. The molecule has 1 aliphatic heterocycles. The summed E-state index contributed by atoms with van der Waals surface area (Å²) in [5.74, 6) is 0.818. The second-order valence-electron chi connectivity index (χ2n) is 7.11. The van der Waals surface area contributed by atoms with Crippen LogP contribution in [0.3, 0.4) is 0 Å². The van der Waals surface area contributed by atoms with Crippen molar-refractivity contribution in [1.82, 2.24) is 5.32 Å². The van der Waals surface area contributed by atoms with Gasteiger partial charge in [0.2, 0.25) is 5.91 Å². The first-order valence-corrected chi connectivity index (χ1v) is 9.75. The normalized spacial score (nSPS) is 16.3. The summed E-state index contributed by atoms with van der Waals surface area (Å²) in [7, 11) is 1.66. The summed E-state index contributed by atoms with van der Waals surface area (Å²) in [6.07, 6.45) is 3.06. The van der Waals surface area contributed by atoms with Crippen molar-refractivity contribution >= 4 is 29.9 Å². The number of hydrogen-bond donors (Lipinski definition) is 2. The van der Waals surface area contributed by atoms with Gasteiger partial charge < -0.3 is 20.5 Å². The molecule has 1 saturated heterocycles. The van der Waals surface area contributed by atoms with E-state index < -0.39 is 5.41 Å². The van der Waals surface area contributed by atoms with E-state index in [4.69, 9.17) is 26.8 Å². The van der Waals surface area contributed by atoms with Crippen LogP contribution in [-0.2, 0) is 14.9 Å². The Morgan fingerprint density at radius 3 is 2.48 bits per heavy atom. The predicted octanol–water partition coefficient (Wildman–Crippen LogP) is 3.70. The van der Waals surface area contributed by atoms with Gasteiger partial charge in [-0.25, -0.2) is 0 Å². The van der Waals surface area contributed by atoms with Crippen LogP contribution in [0.1, 0.15) is 45.1 Å². The zero-order valence-corrected chi connectivity index (χ0v) is 18.0. The average molecular weight is 419 g/mol. The van der Waals surface area contributed by atoms with Crippen LogP contribution in [0.4, 0.5) is 0 Å². The van der Waals surface area contributed by atoms with Gasteiger partial charge in [0.25, 0.3) is 0 Å². The van der Waals surface area contributed by atoms with E-state index in [2.05, 4.69) is 5.32 Å². The molecule has 1 amide bonds. The first-order valence-electron chi connectivity index (χ1n) is 9.37. The van der Waals surface area contributed by atoms with Gasteiger partial charge in [-0.3, -0.25) is 4.79 Å². The van der Waals surface area contributed by atoms with Crippen molar-refractivity contribution in [2.45, 2.75) is 44.9 Å². The Hall–Kier alpha value is -1.01. The summed E-state index contributed by atoms with van der Waals surface area (Å²) in [4.78, 5) is 12.9. The molecule has 7 heteroatoms. The Kier molecular flexibility index (Phi) is 9.35. The van der Waals surface area contributed by atoms with E-state index in [1.807, 2.05) is 32.0 Å². The number of rotatable bonds is 8. The van der Waals surface area contributed by atoms with E-state index in [0.717, 1.165) is 37.0 Å². The van der Waals surface area contributed by atoms with Gasteiger partial charge in [0.15, 0.2) is 0 Å². The lowest BCUT2D eigenvalue weighted by Crippen LogP contribution is -2.51. The predicted molar refractivity (Wildman–Crippen MR) is 112 cm³/mol.